The fourth-order valence-corrected chi connectivity index (χ4v) is 1.41. The van der Waals surface area contributed by atoms with Crippen LogP contribution in [0.2, 0.25) is 0 Å². The molecule has 0 bridgehead atoms. The van der Waals surface area contributed by atoms with E-state index in [1.54, 1.807) is 17.3 Å². The van der Waals surface area contributed by atoms with E-state index < -0.39 is 5.91 Å². The number of Topliss-reactive ketones (excluding diaryl/α,β-unsaturated/α-hetero) is 1. The lowest BCUT2D eigenvalue weighted by atomic mass is 10.1. The Morgan fingerprint density at radius 2 is 2.00 bits per heavy atom. The molecule has 0 aliphatic rings. The van der Waals surface area contributed by atoms with Gasteiger partial charge < -0.3 is 5.32 Å². The van der Waals surface area contributed by atoms with Crippen molar-refractivity contribution in [2.45, 2.75) is 19.8 Å². The van der Waals surface area contributed by atoms with Crippen molar-refractivity contribution >= 4 is 17.4 Å². The van der Waals surface area contributed by atoms with Gasteiger partial charge in [-0.3, -0.25) is 9.59 Å². The van der Waals surface area contributed by atoms with Gasteiger partial charge in [0.25, 0.3) is 11.6 Å². The molecule has 0 radical (unpaired) electrons. The van der Waals surface area contributed by atoms with Gasteiger partial charge in [-0.2, -0.15) is 0 Å². The molecule has 90 valence electrons. The third-order valence-electron chi connectivity index (χ3n) is 2.26. The van der Waals surface area contributed by atoms with Crippen molar-refractivity contribution < 1.29 is 14.8 Å². The highest BCUT2D eigenvalue weighted by molar-refractivity contribution is 5.99. The highest BCUT2D eigenvalue weighted by Crippen LogP contribution is 2.08. The molecule has 0 aliphatic heterocycles. The molecule has 5 heteroatoms. The molecular weight excluding hydrogens is 220 g/mol. The van der Waals surface area contributed by atoms with Crippen LogP contribution in [0.15, 0.2) is 24.3 Å². The number of para-hydroxylation sites is 1. The van der Waals surface area contributed by atoms with Crippen LogP contribution < -0.4 is 10.5 Å². The van der Waals surface area contributed by atoms with E-state index in [4.69, 9.17) is 0 Å². The van der Waals surface area contributed by atoms with Crippen molar-refractivity contribution in [3.05, 3.63) is 34.7 Å². The molecule has 0 aliphatic carbocycles. The van der Waals surface area contributed by atoms with Gasteiger partial charge in [-0.25, -0.2) is 0 Å². The predicted molar refractivity (Wildman–Crippen MR) is 62.7 cm³/mol. The van der Waals surface area contributed by atoms with Gasteiger partial charge in [-0.1, -0.05) is 19.1 Å². The number of nitroso groups, excluding NO2 is 1. The summed E-state index contributed by atoms with van der Waals surface area (Å²) in [6, 6.07) is 6.35. The van der Waals surface area contributed by atoms with E-state index in [1.807, 2.05) is 6.92 Å². The number of rotatable bonds is 6. The summed E-state index contributed by atoms with van der Waals surface area (Å²) >= 11 is 0. The van der Waals surface area contributed by atoms with E-state index in [9.17, 15) is 14.5 Å². The molecular formula is C12H15N2O3+. The maximum absolute atomic E-state index is 11.7. The number of hydrogen-bond acceptors (Lipinski definition) is 3. The van der Waals surface area contributed by atoms with Crippen molar-refractivity contribution in [1.82, 2.24) is 5.32 Å². The predicted octanol–water partition coefficient (Wildman–Crippen LogP) is 0.264. The molecule has 0 aromatic heterocycles. The van der Waals surface area contributed by atoms with Gasteiger partial charge in [-0.05, 0) is 12.5 Å². The van der Waals surface area contributed by atoms with Crippen LogP contribution in [0.5, 0.6) is 0 Å². The number of hydrogen-bond donors (Lipinski definition) is 2. The lowest BCUT2D eigenvalue weighted by Gasteiger charge is -2.03. The summed E-state index contributed by atoms with van der Waals surface area (Å²) in [5, 5.41) is 4.18. The highest BCUT2D eigenvalue weighted by atomic mass is 16.3. The summed E-state index contributed by atoms with van der Waals surface area (Å²) in [4.78, 5) is 33.5. The van der Waals surface area contributed by atoms with Gasteiger partial charge in [0.1, 0.15) is 5.56 Å². The second-order valence-corrected chi connectivity index (χ2v) is 3.62. The van der Waals surface area contributed by atoms with E-state index in [1.165, 1.54) is 12.1 Å². The number of ketones is 1. The zero-order chi connectivity index (χ0) is 12.7. The Bertz CT molecular complexity index is 430. The summed E-state index contributed by atoms with van der Waals surface area (Å²) < 4.78 is 0. The molecule has 17 heavy (non-hydrogen) atoms. The summed E-state index contributed by atoms with van der Waals surface area (Å²) in [5.41, 5.74) is 0.444. The minimum Gasteiger partial charge on any atom is -0.345 e. The van der Waals surface area contributed by atoms with Crippen molar-refractivity contribution in [2.24, 2.45) is 0 Å². The first-order valence-corrected chi connectivity index (χ1v) is 5.46. The van der Waals surface area contributed by atoms with E-state index in [-0.39, 0.29) is 23.6 Å². The Morgan fingerprint density at radius 1 is 1.29 bits per heavy atom. The second-order valence-electron chi connectivity index (χ2n) is 3.62. The number of carbonyl (C=O) groups excluding carboxylic acids is 2. The quantitative estimate of drug-likeness (QED) is 0.742. The molecule has 5 nitrogen and oxygen atoms in total. The SMILES string of the molecule is CCCC(=O)CNC(=O)c1ccccc1[NH+]=O. The third kappa shape index (κ3) is 3.79. The molecule has 1 amide bonds. The molecule has 1 rings (SSSR count). The van der Waals surface area contributed by atoms with E-state index >= 15 is 0 Å². The average Bonchev–Trinajstić information content (AvgIpc) is 2.36. The molecule has 0 spiro atoms. The topological polar surface area (TPSA) is 77.2 Å². The largest absolute Gasteiger partial charge is 0.345 e. The lowest BCUT2D eigenvalue weighted by molar-refractivity contribution is -0.379. The molecule has 0 saturated carbocycles. The molecule has 0 saturated heterocycles. The monoisotopic (exact) mass is 235 g/mol. The summed E-state index contributed by atoms with van der Waals surface area (Å²) in [6.45, 7) is 1.90. The van der Waals surface area contributed by atoms with Crippen molar-refractivity contribution in [3.8, 4) is 0 Å². The van der Waals surface area contributed by atoms with Crippen LogP contribution in [0.1, 0.15) is 30.1 Å². The smallest absolute Gasteiger partial charge is 0.266 e. The maximum atomic E-state index is 11.7. The zero-order valence-corrected chi connectivity index (χ0v) is 9.66. The van der Waals surface area contributed by atoms with Crippen LogP contribution in [-0.4, -0.2) is 18.2 Å². The third-order valence-corrected chi connectivity index (χ3v) is 2.26. The molecule has 2 N–H and O–H groups in total. The van der Waals surface area contributed by atoms with Crippen molar-refractivity contribution in [3.63, 3.8) is 0 Å². The molecule has 1 aromatic rings. The summed E-state index contributed by atoms with van der Waals surface area (Å²) in [7, 11) is 0. The molecule has 0 heterocycles. The Balaban J connectivity index is 2.64. The van der Waals surface area contributed by atoms with Crippen LogP contribution in [0.25, 0.3) is 0 Å². The summed E-state index contributed by atoms with van der Waals surface area (Å²) in [5.74, 6) is -0.443. The minimum atomic E-state index is -0.423. The fourth-order valence-electron chi connectivity index (χ4n) is 1.41. The first kappa shape index (κ1) is 13.0. The van der Waals surface area contributed by atoms with Crippen molar-refractivity contribution in [1.29, 1.82) is 0 Å². The standard InChI is InChI=1S/C12H14N2O3/c1-2-5-9(15)8-13-12(16)10-6-3-4-7-11(10)14-17/h3-4,6-7H,2,5,8H2,1H3,(H,13,16)/p+1. The van der Waals surface area contributed by atoms with E-state index in [0.717, 1.165) is 6.42 Å². The van der Waals surface area contributed by atoms with Crippen LogP contribution in [-0.2, 0) is 4.79 Å². The van der Waals surface area contributed by atoms with Crippen molar-refractivity contribution in [2.75, 3.05) is 6.54 Å². The molecule has 0 atom stereocenters. The second kappa shape index (κ2) is 6.52. The van der Waals surface area contributed by atoms with Crippen LogP contribution in [0.3, 0.4) is 0 Å². The van der Waals surface area contributed by atoms with Crippen LogP contribution >= 0.6 is 0 Å². The van der Waals surface area contributed by atoms with E-state index in [2.05, 4.69) is 5.32 Å². The molecule has 0 fully saturated rings. The Morgan fingerprint density at radius 3 is 2.65 bits per heavy atom. The van der Waals surface area contributed by atoms with Gasteiger partial charge in [0.15, 0.2) is 5.78 Å². The minimum absolute atomic E-state index is 0.000134. The molecule has 0 unspecified atom stereocenters. The van der Waals surface area contributed by atoms with E-state index in [0.29, 0.717) is 6.42 Å². The maximum Gasteiger partial charge on any atom is 0.266 e. The first-order chi connectivity index (χ1) is 8.19. The average molecular weight is 235 g/mol. The normalized spacial score (nSPS) is 9.71. The van der Waals surface area contributed by atoms with Gasteiger partial charge in [0.2, 0.25) is 0 Å². The van der Waals surface area contributed by atoms with Crippen LogP contribution in [0, 0.1) is 4.91 Å². The lowest BCUT2D eigenvalue weighted by Crippen LogP contribution is -2.57. The number of carbonyl (C=O) groups is 2. The summed E-state index contributed by atoms with van der Waals surface area (Å²) in [6.07, 6.45) is 1.20. The Kier molecular flexibility index (Phi) is 5.00. The van der Waals surface area contributed by atoms with Crippen LogP contribution in [0.4, 0.5) is 5.69 Å². The van der Waals surface area contributed by atoms with Gasteiger partial charge in [0, 0.05) is 22.6 Å². The van der Waals surface area contributed by atoms with Gasteiger partial charge in [0.05, 0.1) is 6.54 Å². The zero-order valence-electron chi connectivity index (χ0n) is 9.66. The number of benzene rings is 1. The Labute approximate surface area is 99.2 Å². The first-order valence-electron chi connectivity index (χ1n) is 5.46. The van der Waals surface area contributed by atoms with Gasteiger partial charge in [-0.15, -0.1) is 0 Å². The Hall–Kier alpha value is -2.04. The molecule has 1 aromatic carbocycles. The van der Waals surface area contributed by atoms with Gasteiger partial charge >= 0.3 is 0 Å². The fraction of sp³-hybridized carbons (Fsp3) is 0.333. The highest BCUT2D eigenvalue weighted by Gasteiger charge is 2.15. The number of nitrogens with one attached hydrogen (secondary N) is 2. The number of amides is 1.